The first-order chi connectivity index (χ1) is 6.77. The molecule has 1 rings (SSSR count). The topological polar surface area (TPSA) is 61.0 Å². The van der Waals surface area contributed by atoms with Crippen molar-refractivity contribution in [1.82, 2.24) is 10.2 Å². The first-order valence-electron chi connectivity index (χ1n) is 4.34. The Morgan fingerprint density at radius 2 is 2.36 bits per heavy atom. The van der Waals surface area contributed by atoms with Gasteiger partial charge in [0.15, 0.2) is 0 Å². The molecule has 0 radical (unpaired) electrons. The Hall–Kier alpha value is -1.60. The summed E-state index contributed by atoms with van der Waals surface area (Å²) in [5.74, 6) is 3.02. The van der Waals surface area contributed by atoms with Crippen molar-refractivity contribution >= 4 is 0 Å². The molecule has 4 nitrogen and oxygen atoms in total. The van der Waals surface area contributed by atoms with Gasteiger partial charge >= 0.3 is 0 Å². The molecule has 14 heavy (non-hydrogen) atoms. The zero-order valence-corrected chi connectivity index (χ0v) is 8.10. The van der Waals surface area contributed by atoms with Gasteiger partial charge in [-0.1, -0.05) is 0 Å². The predicted octanol–water partition coefficient (Wildman–Crippen LogP) is 0.898. The van der Waals surface area contributed by atoms with Gasteiger partial charge in [0, 0.05) is 18.5 Å². The molecule has 0 saturated carbocycles. The highest BCUT2D eigenvalue weighted by molar-refractivity contribution is 5.13. The largest absolute Gasteiger partial charge is 0.480 e. The van der Waals surface area contributed by atoms with E-state index in [4.69, 9.17) is 16.9 Å². The third kappa shape index (κ3) is 2.71. The molecule has 1 aromatic rings. The molecule has 74 valence electrons. The number of hydrogen-bond acceptors (Lipinski definition) is 4. The van der Waals surface area contributed by atoms with Gasteiger partial charge in [-0.3, -0.25) is 0 Å². The molecule has 1 heterocycles. The summed E-state index contributed by atoms with van der Waals surface area (Å²) in [6, 6.07) is 3.38. The van der Waals surface area contributed by atoms with Crippen LogP contribution >= 0.6 is 0 Å². The highest BCUT2D eigenvalue weighted by atomic mass is 16.5. The monoisotopic (exact) mass is 191 g/mol. The fraction of sp³-hybridized carbons (Fsp3) is 0.400. The van der Waals surface area contributed by atoms with Gasteiger partial charge in [0.05, 0.1) is 12.8 Å². The van der Waals surface area contributed by atoms with E-state index in [0.717, 1.165) is 12.1 Å². The van der Waals surface area contributed by atoms with Crippen LogP contribution in [0.15, 0.2) is 12.1 Å². The van der Waals surface area contributed by atoms with Gasteiger partial charge in [-0.05, 0) is 12.5 Å². The fourth-order valence-electron chi connectivity index (χ4n) is 1.02. The maximum absolute atomic E-state index is 5.83. The first kappa shape index (κ1) is 10.5. The molecule has 2 N–H and O–H groups in total. The van der Waals surface area contributed by atoms with Gasteiger partial charge < -0.3 is 10.5 Å². The molecule has 0 fully saturated rings. The highest BCUT2D eigenvalue weighted by Crippen LogP contribution is 2.13. The van der Waals surface area contributed by atoms with Crippen LogP contribution in [-0.2, 0) is 0 Å². The van der Waals surface area contributed by atoms with Gasteiger partial charge in [-0.25, -0.2) is 0 Å². The third-order valence-electron chi connectivity index (χ3n) is 1.85. The molecule has 4 heteroatoms. The minimum atomic E-state index is -0.149. The van der Waals surface area contributed by atoms with Crippen LogP contribution in [0.2, 0.25) is 0 Å². The number of methoxy groups -OCH3 is 1. The van der Waals surface area contributed by atoms with Crippen molar-refractivity contribution in [3.63, 3.8) is 0 Å². The Morgan fingerprint density at radius 3 is 2.86 bits per heavy atom. The number of hydrogen-bond donors (Lipinski definition) is 1. The maximum atomic E-state index is 5.83. The Labute approximate surface area is 83.5 Å². The minimum Gasteiger partial charge on any atom is -0.480 e. The van der Waals surface area contributed by atoms with Crippen molar-refractivity contribution in [2.45, 2.75) is 18.9 Å². The van der Waals surface area contributed by atoms with Gasteiger partial charge in [0.1, 0.15) is 0 Å². The lowest BCUT2D eigenvalue weighted by molar-refractivity contribution is 0.390. The molecule has 1 unspecified atom stereocenters. The van der Waals surface area contributed by atoms with E-state index in [2.05, 4.69) is 16.1 Å². The van der Waals surface area contributed by atoms with Gasteiger partial charge in [-0.15, -0.1) is 17.4 Å². The molecule has 0 aromatic carbocycles. The third-order valence-corrected chi connectivity index (χ3v) is 1.85. The van der Waals surface area contributed by atoms with Crippen molar-refractivity contribution < 1.29 is 4.74 Å². The second-order valence-corrected chi connectivity index (χ2v) is 2.85. The molecule has 1 atom stereocenters. The normalized spacial score (nSPS) is 11.8. The van der Waals surface area contributed by atoms with E-state index in [9.17, 15) is 0 Å². The zero-order valence-electron chi connectivity index (χ0n) is 8.10. The van der Waals surface area contributed by atoms with Crippen LogP contribution in [0.5, 0.6) is 5.88 Å². The van der Waals surface area contributed by atoms with Crippen molar-refractivity contribution in [2.24, 2.45) is 5.73 Å². The van der Waals surface area contributed by atoms with E-state index in [1.165, 1.54) is 0 Å². The van der Waals surface area contributed by atoms with E-state index in [1.807, 2.05) is 0 Å². The number of nitrogens with two attached hydrogens (primary N) is 1. The van der Waals surface area contributed by atoms with E-state index in [1.54, 1.807) is 19.2 Å². The van der Waals surface area contributed by atoms with E-state index in [-0.39, 0.29) is 6.04 Å². The zero-order chi connectivity index (χ0) is 10.4. The van der Waals surface area contributed by atoms with Crippen LogP contribution in [0, 0.1) is 12.3 Å². The van der Waals surface area contributed by atoms with Crippen LogP contribution in [0.25, 0.3) is 0 Å². The van der Waals surface area contributed by atoms with E-state index >= 15 is 0 Å². The van der Waals surface area contributed by atoms with E-state index in [0.29, 0.717) is 12.3 Å². The van der Waals surface area contributed by atoms with E-state index < -0.39 is 0 Å². The standard InChI is InChI=1S/C10H13N3O/c1-3-4-5-8(11)9-6-7-10(14-2)13-12-9/h1,6-8H,4-5,11H2,2H3. The average Bonchev–Trinajstić information content (AvgIpc) is 2.26. The molecule has 0 amide bonds. The summed E-state index contributed by atoms with van der Waals surface area (Å²) >= 11 is 0. The Morgan fingerprint density at radius 1 is 1.57 bits per heavy atom. The predicted molar refractivity (Wildman–Crippen MR) is 53.6 cm³/mol. The number of rotatable bonds is 4. The van der Waals surface area contributed by atoms with Gasteiger partial charge in [0.2, 0.25) is 5.88 Å². The number of ether oxygens (including phenoxy) is 1. The summed E-state index contributed by atoms with van der Waals surface area (Å²) in [6.45, 7) is 0. The Bertz CT molecular complexity index is 315. The van der Waals surface area contributed by atoms with Crippen LogP contribution in [-0.4, -0.2) is 17.3 Å². The van der Waals surface area contributed by atoms with Gasteiger partial charge in [0.25, 0.3) is 0 Å². The van der Waals surface area contributed by atoms with Crippen LogP contribution < -0.4 is 10.5 Å². The average molecular weight is 191 g/mol. The lowest BCUT2D eigenvalue weighted by Crippen LogP contribution is -2.12. The van der Waals surface area contributed by atoms with Crippen molar-refractivity contribution in [3.8, 4) is 18.2 Å². The molecule has 0 saturated heterocycles. The van der Waals surface area contributed by atoms with Crippen molar-refractivity contribution in [2.75, 3.05) is 7.11 Å². The summed E-state index contributed by atoms with van der Waals surface area (Å²) in [4.78, 5) is 0. The van der Waals surface area contributed by atoms with Crippen LogP contribution in [0.1, 0.15) is 24.6 Å². The fourth-order valence-corrected chi connectivity index (χ4v) is 1.02. The lowest BCUT2D eigenvalue weighted by atomic mass is 10.1. The summed E-state index contributed by atoms with van der Waals surface area (Å²) < 4.78 is 4.88. The quantitative estimate of drug-likeness (QED) is 0.718. The number of nitrogens with zero attached hydrogens (tertiary/aromatic N) is 2. The molecule has 0 aliphatic heterocycles. The smallest absolute Gasteiger partial charge is 0.233 e. The van der Waals surface area contributed by atoms with Crippen molar-refractivity contribution in [1.29, 1.82) is 0 Å². The van der Waals surface area contributed by atoms with Crippen LogP contribution in [0.4, 0.5) is 0 Å². The molecule has 0 aliphatic rings. The minimum absolute atomic E-state index is 0.149. The first-order valence-corrected chi connectivity index (χ1v) is 4.34. The van der Waals surface area contributed by atoms with Gasteiger partial charge in [-0.2, -0.15) is 5.10 Å². The number of terminal acetylenes is 1. The number of aromatic nitrogens is 2. The van der Waals surface area contributed by atoms with Crippen LogP contribution in [0.3, 0.4) is 0 Å². The molecule has 0 aliphatic carbocycles. The molecular weight excluding hydrogens is 178 g/mol. The molecule has 1 aromatic heterocycles. The Balaban J connectivity index is 2.62. The summed E-state index contributed by atoms with van der Waals surface area (Å²) in [7, 11) is 1.54. The Kier molecular flexibility index (Phi) is 3.89. The molecule has 0 bridgehead atoms. The second-order valence-electron chi connectivity index (χ2n) is 2.85. The lowest BCUT2D eigenvalue weighted by Gasteiger charge is -2.08. The summed E-state index contributed by atoms with van der Waals surface area (Å²) in [6.07, 6.45) is 6.51. The summed E-state index contributed by atoms with van der Waals surface area (Å²) in [5.41, 5.74) is 6.57. The molecule has 0 spiro atoms. The highest BCUT2D eigenvalue weighted by Gasteiger charge is 2.07. The SMILES string of the molecule is C#CCCC(N)c1ccc(OC)nn1. The second kappa shape index (κ2) is 5.20. The molecular formula is C10H13N3O. The summed E-state index contributed by atoms with van der Waals surface area (Å²) in [5, 5.41) is 7.76. The maximum Gasteiger partial charge on any atom is 0.233 e. The van der Waals surface area contributed by atoms with Crippen molar-refractivity contribution in [3.05, 3.63) is 17.8 Å².